The zero-order valence-electron chi connectivity index (χ0n) is 15.9. The van der Waals surface area contributed by atoms with Gasteiger partial charge in [0.25, 0.3) is 5.91 Å². The van der Waals surface area contributed by atoms with Gasteiger partial charge in [-0.25, -0.2) is 4.98 Å². The highest BCUT2D eigenvalue weighted by atomic mass is 32.1. The largest absolute Gasteiger partial charge is 0.497 e. The lowest BCUT2D eigenvalue weighted by Gasteiger charge is -2.22. The average molecular weight is 394 g/mol. The zero-order valence-corrected chi connectivity index (χ0v) is 16.7. The van der Waals surface area contributed by atoms with E-state index in [1.807, 2.05) is 35.7 Å². The Labute approximate surface area is 168 Å². The van der Waals surface area contributed by atoms with Crippen molar-refractivity contribution in [2.75, 3.05) is 18.6 Å². The van der Waals surface area contributed by atoms with Crippen LogP contribution in [0.15, 0.2) is 72.6 Å². The second-order valence-corrected chi connectivity index (χ2v) is 6.89. The van der Waals surface area contributed by atoms with Crippen LogP contribution in [0.1, 0.15) is 6.92 Å². The molecule has 1 heterocycles. The molecule has 0 saturated carbocycles. The summed E-state index contributed by atoms with van der Waals surface area (Å²) in [4.78, 5) is 19.2. The van der Waals surface area contributed by atoms with Gasteiger partial charge in [-0.05, 0) is 31.2 Å². The van der Waals surface area contributed by atoms with Gasteiger partial charge in [0.15, 0.2) is 11.2 Å². The van der Waals surface area contributed by atoms with Crippen molar-refractivity contribution in [3.8, 4) is 22.8 Å². The average Bonchev–Trinajstić information content (AvgIpc) is 3.22. The highest BCUT2D eigenvalue weighted by Crippen LogP contribution is 2.28. The molecule has 0 saturated heterocycles. The zero-order chi connectivity index (χ0) is 19.9. The summed E-state index contributed by atoms with van der Waals surface area (Å²) >= 11 is 1.42. The van der Waals surface area contributed by atoms with Gasteiger partial charge in [0, 0.05) is 17.5 Å². The minimum absolute atomic E-state index is 0.176. The van der Waals surface area contributed by atoms with Crippen molar-refractivity contribution >= 4 is 22.4 Å². The molecule has 0 fully saturated rings. The van der Waals surface area contributed by atoms with Crippen LogP contribution in [0.5, 0.6) is 11.5 Å². The number of benzene rings is 2. The van der Waals surface area contributed by atoms with Crippen molar-refractivity contribution in [2.45, 2.75) is 13.0 Å². The second kappa shape index (κ2) is 9.19. The Bertz CT molecular complexity index is 922. The van der Waals surface area contributed by atoms with Crippen LogP contribution in [0, 0.1) is 0 Å². The highest BCUT2D eigenvalue weighted by molar-refractivity contribution is 7.14. The molecule has 0 bridgehead atoms. The summed E-state index contributed by atoms with van der Waals surface area (Å²) in [7, 11) is 1.60. The van der Waals surface area contributed by atoms with Crippen molar-refractivity contribution in [2.24, 2.45) is 0 Å². The van der Waals surface area contributed by atoms with E-state index in [4.69, 9.17) is 9.47 Å². The van der Waals surface area contributed by atoms with Gasteiger partial charge in [-0.15, -0.1) is 17.9 Å². The molecule has 0 aliphatic heterocycles. The molecule has 3 aromatic rings. The van der Waals surface area contributed by atoms with E-state index in [1.54, 1.807) is 49.3 Å². The lowest BCUT2D eigenvalue weighted by Crippen LogP contribution is -2.40. The molecule has 144 valence electrons. The fourth-order valence-electron chi connectivity index (χ4n) is 2.65. The summed E-state index contributed by atoms with van der Waals surface area (Å²) in [6.07, 6.45) is 1.01. The quantitative estimate of drug-likeness (QED) is 0.515. The maximum atomic E-state index is 13.0. The summed E-state index contributed by atoms with van der Waals surface area (Å²) in [6, 6.07) is 17.0. The highest BCUT2D eigenvalue weighted by Gasteiger charge is 2.25. The normalized spacial score (nSPS) is 11.5. The third-order valence-corrected chi connectivity index (χ3v) is 4.95. The fourth-order valence-corrected chi connectivity index (χ4v) is 3.50. The summed E-state index contributed by atoms with van der Waals surface area (Å²) in [6.45, 7) is 5.85. The molecule has 28 heavy (non-hydrogen) atoms. The number of methoxy groups -OCH3 is 1. The van der Waals surface area contributed by atoms with Crippen molar-refractivity contribution in [3.63, 3.8) is 0 Å². The van der Waals surface area contributed by atoms with Crippen LogP contribution in [-0.2, 0) is 4.79 Å². The number of amides is 1. The molecule has 1 atom stereocenters. The SMILES string of the molecule is C=CCN(C(=O)C(C)Oc1ccc(OC)cc1)c1nc(-c2ccccc2)cs1. The summed E-state index contributed by atoms with van der Waals surface area (Å²) < 4.78 is 11.0. The minimum Gasteiger partial charge on any atom is -0.497 e. The first-order chi connectivity index (χ1) is 13.6. The molecule has 1 unspecified atom stereocenters. The van der Waals surface area contributed by atoms with E-state index in [-0.39, 0.29) is 5.91 Å². The summed E-state index contributed by atoms with van der Waals surface area (Å²) in [5.74, 6) is 1.16. The molecule has 1 amide bonds. The van der Waals surface area contributed by atoms with Gasteiger partial charge in [-0.3, -0.25) is 9.69 Å². The van der Waals surface area contributed by atoms with Gasteiger partial charge >= 0.3 is 0 Å². The van der Waals surface area contributed by atoms with Crippen LogP contribution < -0.4 is 14.4 Å². The van der Waals surface area contributed by atoms with Crippen molar-refractivity contribution in [1.29, 1.82) is 0 Å². The lowest BCUT2D eigenvalue weighted by molar-refractivity contribution is -0.124. The van der Waals surface area contributed by atoms with E-state index in [0.717, 1.165) is 17.0 Å². The molecule has 5 nitrogen and oxygen atoms in total. The van der Waals surface area contributed by atoms with E-state index in [1.165, 1.54) is 11.3 Å². The molecule has 0 spiro atoms. The second-order valence-electron chi connectivity index (χ2n) is 6.05. The van der Waals surface area contributed by atoms with Crippen molar-refractivity contribution in [1.82, 2.24) is 4.98 Å². The molecular weight excluding hydrogens is 372 g/mol. The Morgan fingerprint density at radius 2 is 1.86 bits per heavy atom. The number of hydrogen-bond donors (Lipinski definition) is 0. The predicted octanol–water partition coefficient (Wildman–Crippen LogP) is 4.81. The van der Waals surface area contributed by atoms with Gasteiger partial charge in [-0.1, -0.05) is 36.4 Å². The predicted molar refractivity (Wildman–Crippen MR) is 113 cm³/mol. The fraction of sp³-hybridized carbons (Fsp3) is 0.182. The monoisotopic (exact) mass is 394 g/mol. The van der Waals surface area contributed by atoms with E-state index in [9.17, 15) is 4.79 Å². The molecule has 6 heteroatoms. The number of rotatable bonds is 8. The number of carbonyl (C=O) groups excluding carboxylic acids is 1. The number of thiazole rings is 1. The minimum atomic E-state index is -0.669. The Balaban J connectivity index is 1.76. The maximum Gasteiger partial charge on any atom is 0.269 e. The summed E-state index contributed by atoms with van der Waals surface area (Å²) in [5.41, 5.74) is 1.85. The Kier molecular flexibility index (Phi) is 6.45. The van der Waals surface area contributed by atoms with Crippen molar-refractivity contribution in [3.05, 3.63) is 72.6 Å². The van der Waals surface area contributed by atoms with Crippen LogP contribution in [-0.4, -0.2) is 30.6 Å². The number of carbonyl (C=O) groups is 1. The molecule has 0 aliphatic carbocycles. The lowest BCUT2D eigenvalue weighted by atomic mass is 10.2. The molecule has 1 aromatic heterocycles. The van der Waals surface area contributed by atoms with Crippen LogP contribution in [0.25, 0.3) is 11.3 Å². The van der Waals surface area contributed by atoms with E-state index < -0.39 is 6.10 Å². The maximum absolute atomic E-state index is 13.0. The van der Waals surface area contributed by atoms with Crippen molar-refractivity contribution < 1.29 is 14.3 Å². The van der Waals surface area contributed by atoms with Gasteiger partial charge in [0.05, 0.1) is 12.8 Å². The van der Waals surface area contributed by atoms with Gasteiger partial charge < -0.3 is 9.47 Å². The third-order valence-electron chi connectivity index (χ3n) is 4.09. The first-order valence-electron chi connectivity index (χ1n) is 8.86. The van der Waals surface area contributed by atoms with Crippen LogP contribution >= 0.6 is 11.3 Å². The first-order valence-corrected chi connectivity index (χ1v) is 9.74. The van der Waals surface area contributed by atoms with Crippen LogP contribution in [0.2, 0.25) is 0 Å². The molecule has 0 N–H and O–H groups in total. The van der Waals surface area contributed by atoms with Crippen LogP contribution in [0.3, 0.4) is 0 Å². The van der Waals surface area contributed by atoms with E-state index >= 15 is 0 Å². The van der Waals surface area contributed by atoms with Gasteiger partial charge in [-0.2, -0.15) is 0 Å². The van der Waals surface area contributed by atoms with Crippen LogP contribution in [0.4, 0.5) is 5.13 Å². The standard InChI is InChI=1S/C22H22N2O3S/c1-4-14-24(22-23-20(15-28-22)17-8-6-5-7-9-17)21(25)16(2)27-19-12-10-18(26-3)11-13-19/h4-13,15-16H,1,14H2,2-3H3. The molecule has 3 rings (SSSR count). The van der Waals surface area contributed by atoms with E-state index in [0.29, 0.717) is 17.4 Å². The number of ether oxygens (including phenoxy) is 2. The Morgan fingerprint density at radius 3 is 2.50 bits per heavy atom. The molecular formula is C22H22N2O3S. The molecule has 0 radical (unpaired) electrons. The smallest absolute Gasteiger partial charge is 0.269 e. The summed E-state index contributed by atoms with van der Waals surface area (Å²) in [5, 5.41) is 2.57. The Morgan fingerprint density at radius 1 is 1.18 bits per heavy atom. The molecule has 0 aliphatic rings. The Hall–Kier alpha value is -3.12. The number of anilines is 1. The van der Waals surface area contributed by atoms with Gasteiger partial charge in [0.2, 0.25) is 0 Å². The number of hydrogen-bond acceptors (Lipinski definition) is 5. The molecule has 2 aromatic carbocycles. The third kappa shape index (κ3) is 4.58. The number of nitrogens with zero attached hydrogens (tertiary/aromatic N) is 2. The van der Waals surface area contributed by atoms with E-state index in [2.05, 4.69) is 11.6 Å². The van der Waals surface area contributed by atoms with Gasteiger partial charge in [0.1, 0.15) is 11.5 Å². The first kappa shape index (κ1) is 19.6. The topological polar surface area (TPSA) is 51.7 Å². The number of aromatic nitrogens is 1.